The summed E-state index contributed by atoms with van der Waals surface area (Å²) in [4.78, 5) is 16.9. The van der Waals surface area contributed by atoms with Crippen molar-refractivity contribution >= 4 is 42.9 Å². The molecule has 2 fully saturated rings. The largest absolute Gasteiger partial charge is 0.494 e. The Morgan fingerprint density at radius 2 is 0.882 bits per heavy atom. The number of sulfone groups is 2. The van der Waals surface area contributed by atoms with Gasteiger partial charge in [-0.25, -0.2) is 36.8 Å². The Kier molecular flexibility index (Phi) is 19.6. The van der Waals surface area contributed by atoms with Gasteiger partial charge >= 0.3 is 0 Å². The van der Waals surface area contributed by atoms with Crippen LogP contribution in [0.15, 0.2) is 61.2 Å². The molecule has 0 saturated carbocycles. The second-order valence-corrected chi connectivity index (χ2v) is 24.0. The van der Waals surface area contributed by atoms with Crippen molar-refractivity contribution in [1.29, 1.82) is 0 Å². The predicted molar refractivity (Wildman–Crippen MR) is 281 cm³/mol. The van der Waals surface area contributed by atoms with Crippen LogP contribution in [-0.4, -0.2) is 131 Å². The fourth-order valence-electron chi connectivity index (χ4n) is 8.71. The summed E-state index contributed by atoms with van der Waals surface area (Å²) in [7, 11) is -1.62. The third-order valence-corrected chi connectivity index (χ3v) is 16.9. The van der Waals surface area contributed by atoms with Gasteiger partial charge in [-0.3, -0.25) is 9.13 Å². The topological polar surface area (TPSA) is 255 Å². The molecule has 2 saturated heterocycles. The normalized spacial score (nSPS) is 17.5. The second-order valence-electron chi connectivity index (χ2n) is 18.4. The van der Waals surface area contributed by atoms with Crippen LogP contribution < -0.4 is 18.9 Å². The average Bonchev–Trinajstić information content (AvgIpc) is 4.26. The van der Waals surface area contributed by atoms with Crippen molar-refractivity contribution in [2.45, 2.75) is 126 Å². The van der Waals surface area contributed by atoms with E-state index in [1.165, 1.54) is 53.2 Å². The SMILES string of the molecule is COc1cccc(OC)c1-n1c(CS(=O)(=O)[C@@H](C)[C@@H](OC(C)C)c2ncc(Cl)cn2)nnc1[C@@H]1CCCO1.COc1cccc(OC)c1-n1c(CS(=O)(=O)[C@@H](C)[C@@H](OC(C)C)c2ncc(Cl)cn2)nnc1[C@H]1CCCO1. The van der Waals surface area contributed by atoms with E-state index in [4.69, 9.17) is 61.1 Å². The zero-order valence-electron chi connectivity index (χ0n) is 44.0. The molecule has 6 aromatic rings. The first kappa shape index (κ1) is 58.1. The Balaban J connectivity index is 0.000000221. The Bertz CT molecular complexity index is 2850. The molecule has 0 unspecified atom stereocenters. The van der Waals surface area contributed by atoms with Gasteiger partial charge in [0.15, 0.2) is 54.6 Å². The van der Waals surface area contributed by atoms with Crippen LogP contribution in [0.1, 0.15) is 127 Å². The van der Waals surface area contributed by atoms with Gasteiger partial charge in [0.05, 0.1) is 61.2 Å². The molecule has 76 heavy (non-hydrogen) atoms. The van der Waals surface area contributed by atoms with E-state index in [-0.39, 0.29) is 47.7 Å². The summed E-state index contributed by atoms with van der Waals surface area (Å²) in [5.41, 5.74) is 1.00. The molecule has 6 heterocycles. The van der Waals surface area contributed by atoms with Gasteiger partial charge in [0.2, 0.25) is 0 Å². The van der Waals surface area contributed by atoms with E-state index in [0.29, 0.717) is 69.3 Å². The predicted octanol–water partition coefficient (Wildman–Crippen LogP) is 8.10. The highest BCUT2D eigenvalue weighted by Gasteiger charge is 2.39. The zero-order valence-corrected chi connectivity index (χ0v) is 47.1. The fourth-order valence-corrected chi connectivity index (χ4v) is 11.6. The number of ether oxygens (including phenoxy) is 8. The van der Waals surface area contributed by atoms with Crippen molar-refractivity contribution in [3.05, 3.63) is 106 Å². The molecule has 0 N–H and O–H groups in total. The van der Waals surface area contributed by atoms with Crippen molar-refractivity contribution in [2.24, 2.45) is 0 Å². The first-order valence-electron chi connectivity index (χ1n) is 24.5. The molecular weight excluding hydrogens is 1070 g/mol. The molecule has 2 aliphatic heterocycles. The third kappa shape index (κ3) is 13.4. The Labute approximate surface area is 452 Å². The number of rotatable bonds is 22. The lowest BCUT2D eigenvalue weighted by molar-refractivity contribution is 0.00122. The number of methoxy groups -OCH3 is 4. The lowest BCUT2D eigenvalue weighted by Gasteiger charge is -2.25. The minimum Gasteiger partial charge on any atom is -0.494 e. The van der Waals surface area contributed by atoms with Crippen LogP contribution in [-0.2, 0) is 50.1 Å². The van der Waals surface area contributed by atoms with E-state index < -0.39 is 53.9 Å². The monoisotopic (exact) mass is 1130 g/mol. The van der Waals surface area contributed by atoms with E-state index in [9.17, 15) is 16.8 Å². The number of halogens is 2. The van der Waals surface area contributed by atoms with Crippen LogP contribution in [0.5, 0.6) is 23.0 Å². The molecule has 4 aromatic heterocycles. The van der Waals surface area contributed by atoms with E-state index in [1.54, 1.807) is 59.4 Å². The lowest BCUT2D eigenvalue weighted by Crippen LogP contribution is -2.32. The standard InChI is InChI=1S/2C25H32ClN5O6S/c2*1-15(2)37-23(24-27-12-17(26)13-28-24)16(3)38(32,33)14-21-29-30-25(20-10-7-11-36-20)31(21)22-18(34-4)8-6-9-19(22)35-5/h2*6,8-9,12-13,15-16,20,23H,7,10-11,14H2,1-5H3/t16-,20+,23+;16-,20-,23+/m00/s1. The summed E-state index contributed by atoms with van der Waals surface area (Å²) < 4.78 is 105. The van der Waals surface area contributed by atoms with Crippen molar-refractivity contribution in [2.75, 3.05) is 41.7 Å². The molecular formula is C50H64Cl2N10O12S2. The maximum atomic E-state index is 13.8. The van der Waals surface area contributed by atoms with Crippen molar-refractivity contribution in [3.8, 4) is 34.4 Å². The number of nitrogens with zero attached hydrogens (tertiary/aromatic N) is 10. The van der Waals surface area contributed by atoms with Crippen LogP contribution in [0.25, 0.3) is 11.4 Å². The maximum absolute atomic E-state index is 13.8. The summed E-state index contributed by atoms with van der Waals surface area (Å²) in [5.74, 6) is 2.88. The fraction of sp³-hybridized carbons (Fsp3) is 0.520. The van der Waals surface area contributed by atoms with E-state index in [0.717, 1.165) is 25.7 Å². The molecule has 0 bridgehead atoms. The van der Waals surface area contributed by atoms with Gasteiger partial charge in [-0.05, 0) is 91.5 Å². The number of para-hydroxylation sites is 2. The van der Waals surface area contributed by atoms with Crippen molar-refractivity contribution in [3.63, 3.8) is 0 Å². The van der Waals surface area contributed by atoms with Crippen molar-refractivity contribution < 1.29 is 54.7 Å². The van der Waals surface area contributed by atoms with Gasteiger partial charge in [-0.2, -0.15) is 0 Å². The molecule has 0 radical (unpaired) electrons. The zero-order chi connectivity index (χ0) is 54.9. The summed E-state index contributed by atoms with van der Waals surface area (Å²) in [6.45, 7) is 11.6. The molecule has 6 atom stereocenters. The highest BCUT2D eigenvalue weighted by Crippen LogP contribution is 2.41. The molecule has 0 spiro atoms. The third-order valence-electron chi connectivity index (χ3n) is 12.5. The highest BCUT2D eigenvalue weighted by molar-refractivity contribution is 7.91. The van der Waals surface area contributed by atoms with E-state index in [2.05, 4.69) is 40.3 Å². The average molecular weight is 1130 g/mol. The van der Waals surface area contributed by atoms with Gasteiger partial charge in [0, 0.05) is 38.0 Å². The quantitative estimate of drug-likeness (QED) is 0.0622. The summed E-state index contributed by atoms with van der Waals surface area (Å²) in [5, 5.41) is 16.0. The molecule has 2 aliphatic rings. The summed E-state index contributed by atoms with van der Waals surface area (Å²) >= 11 is 11.9. The van der Waals surface area contributed by atoms with Gasteiger partial charge in [-0.15, -0.1) is 20.4 Å². The van der Waals surface area contributed by atoms with Gasteiger partial charge in [0.25, 0.3) is 0 Å². The Hall–Kier alpha value is -5.60. The van der Waals surface area contributed by atoms with Crippen molar-refractivity contribution in [1.82, 2.24) is 49.5 Å². The van der Waals surface area contributed by atoms with Gasteiger partial charge in [0.1, 0.15) is 70.3 Å². The first-order valence-corrected chi connectivity index (χ1v) is 28.7. The molecule has 0 aliphatic carbocycles. The Morgan fingerprint density at radius 3 is 1.16 bits per heavy atom. The minimum absolute atomic E-state index is 0.200. The Morgan fingerprint density at radius 1 is 0.553 bits per heavy atom. The summed E-state index contributed by atoms with van der Waals surface area (Å²) in [6.07, 6.45) is 5.77. The molecule has 2 aromatic carbocycles. The van der Waals surface area contributed by atoms with E-state index in [1.807, 2.05) is 27.7 Å². The highest BCUT2D eigenvalue weighted by atomic mass is 35.5. The van der Waals surface area contributed by atoms with Gasteiger partial charge in [-0.1, -0.05) is 35.3 Å². The number of benzene rings is 2. The van der Waals surface area contributed by atoms with Crippen LogP contribution in [0.2, 0.25) is 10.0 Å². The number of hydrogen-bond donors (Lipinski definition) is 0. The number of hydrogen-bond acceptors (Lipinski definition) is 20. The van der Waals surface area contributed by atoms with Crippen LogP contribution in [0.3, 0.4) is 0 Å². The molecule has 8 rings (SSSR count). The molecule has 26 heteroatoms. The van der Waals surface area contributed by atoms with Crippen LogP contribution in [0, 0.1) is 0 Å². The molecule has 22 nitrogen and oxygen atoms in total. The first-order chi connectivity index (χ1) is 36.3. The maximum Gasteiger partial charge on any atom is 0.167 e. The second kappa shape index (κ2) is 25.7. The number of aromatic nitrogens is 10. The summed E-state index contributed by atoms with van der Waals surface area (Å²) in [6, 6.07) is 10.6. The smallest absolute Gasteiger partial charge is 0.167 e. The molecule has 0 amide bonds. The van der Waals surface area contributed by atoms with Crippen LogP contribution in [0.4, 0.5) is 0 Å². The minimum atomic E-state index is -3.88. The lowest BCUT2D eigenvalue weighted by atomic mass is 10.2. The van der Waals surface area contributed by atoms with E-state index >= 15 is 0 Å². The molecule has 412 valence electrons. The van der Waals surface area contributed by atoms with Gasteiger partial charge < -0.3 is 37.9 Å². The van der Waals surface area contributed by atoms with Crippen LogP contribution >= 0.6 is 23.2 Å².